The molecule has 2 aliphatic heterocycles. The molecule has 5 atom stereocenters. The van der Waals surface area contributed by atoms with Crippen molar-refractivity contribution in [2.24, 2.45) is 0 Å². The van der Waals surface area contributed by atoms with E-state index in [-0.39, 0.29) is 12.3 Å². The average Bonchev–Trinajstić information content (AvgIpc) is 3.46. The van der Waals surface area contributed by atoms with Gasteiger partial charge in [-0.2, -0.15) is 0 Å². The molecule has 6 N–H and O–H groups in total. The van der Waals surface area contributed by atoms with Crippen LogP contribution in [0.4, 0.5) is 0 Å². The van der Waals surface area contributed by atoms with Crippen molar-refractivity contribution >= 4 is 23.8 Å². The van der Waals surface area contributed by atoms with Crippen LogP contribution in [0.15, 0.2) is 30.3 Å². The molecule has 0 aromatic heterocycles. The summed E-state index contributed by atoms with van der Waals surface area (Å²) in [5.74, 6) is -2.74. The number of benzene rings is 1. The van der Waals surface area contributed by atoms with Crippen LogP contribution in [0.2, 0.25) is 0 Å². The molecule has 1 aromatic rings. The summed E-state index contributed by atoms with van der Waals surface area (Å²) in [6.45, 7) is 2.45. The molecule has 2 aliphatic rings. The molecule has 33 heavy (non-hydrogen) atoms. The fraction of sp³-hybridized carbons (Fsp3) is 0.565. The van der Waals surface area contributed by atoms with Crippen LogP contribution >= 0.6 is 0 Å². The molecule has 10 heteroatoms. The molecule has 2 saturated heterocycles. The van der Waals surface area contributed by atoms with Crippen molar-refractivity contribution in [2.45, 2.75) is 69.3 Å². The molecule has 0 unspecified atom stereocenters. The minimum atomic E-state index is -1.02. The normalized spacial score (nSPS) is 24.3. The first-order chi connectivity index (χ1) is 15.8. The van der Waals surface area contributed by atoms with Gasteiger partial charge in [0.2, 0.25) is 0 Å². The summed E-state index contributed by atoms with van der Waals surface area (Å²) >= 11 is 0. The smallest absolute Gasteiger partial charge is 0.365 e. The SMILES string of the molecule is C[C@H]([NH2+][C@@H](CCc1ccccc1)C(=O)O[C@H]1C[NH2+][C@H](C(=O)O)C1)C(=O)N1CCC[C@H]1C(=O)O. The molecule has 180 valence electrons. The van der Waals surface area contributed by atoms with Crippen molar-refractivity contribution in [3.8, 4) is 0 Å². The Morgan fingerprint density at radius 2 is 1.91 bits per heavy atom. The van der Waals surface area contributed by atoms with Gasteiger partial charge in [0.15, 0.2) is 24.2 Å². The lowest BCUT2D eigenvalue weighted by Crippen LogP contribution is -2.98. The minimum absolute atomic E-state index is 0.245. The summed E-state index contributed by atoms with van der Waals surface area (Å²) in [4.78, 5) is 50.0. The molecule has 0 aliphatic carbocycles. The number of carboxylic acids is 2. The van der Waals surface area contributed by atoms with Gasteiger partial charge in [-0.25, -0.2) is 14.4 Å². The van der Waals surface area contributed by atoms with Gasteiger partial charge in [0.1, 0.15) is 12.6 Å². The Morgan fingerprint density at radius 1 is 1.18 bits per heavy atom. The highest BCUT2D eigenvalue weighted by molar-refractivity contribution is 5.86. The molecule has 2 fully saturated rings. The first-order valence-corrected chi connectivity index (χ1v) is 11.4. The minimum Gasteiger partial charge on any atom is -0.480 e. The van der Waals surface area contributed by atoms with Crippen molar-refractivity contribution in [3.63, 3.8) is 0 Å². The maximum atomic E-state index is 13.0. The number of hydrogen-bond donors (Lipinski definition) is 4. The number of ether oxygens (including phenoxy) is 1. The molecular formula is C23H33N3O7+2. The number of aryl methyl sites for hydroxylation is 1. The first-order valence-electron chi connectivity index (χ1n) is 11.4. The van der Waals surface area contributed by atoms with E-state index in [4.69, 9.17) is 9.84 Å². The number of nitrogens with two attached hydrogens (primary N) is 2. The predicted molar refractivity (Wildman–Crippen MR) is 115 cm³/mol. The van der Waals surface area contributed by atoms with E-state index in [0.29, 0.717) is 38.8 Å². The molecule has 0 saturated carbocycles. The van der Waals surface area contributed by atoms with E-state index in [2.05, 4.69) is 0 Å². The highest BCUT2D eigenvalue weighted by atomic mass is 16.5. The number of likely N-dealkylation sites (tertiary alicyclic amines) is 1. The molecule has 1 aromatic carbocycles. The molecule has 0 radical (unpaired) electrons. The van der Waals surface area contributed by atoms with Gasteiger partial charge in [0.25, 0.3) is 5.91 Å². The zero-order valence-corrected chi connectivity index (χ0v) is 18.8. The Labute approximate surface area is 192 Å². The predicted octanol–water partition coefficient (Wildman–Crippen LogP) is -1.65. The van der Waals surface area contributed by atoms with Gasteiger partial charge in [0.05, 0.1) is 6.42 Å². The van der Waals surface area contributed by atoms with Gasteiger partial charge in [0, 0.05) is 13.0 Å². The number of carbonyl (C=O) groups excluding carboxylic acids is 2. The van der Waals surface area contributed by atoms with E-state index in [1.807, 2.05) is 30.3 Å². The van der Waals surface area contributed by atoms with Crippen LogP contribution in [0.1, 0.15) is 38.2 Å². The summed E-state index contributed by atoms with van der Waals surface area (Å²) in [5, 5.41) is 21.9. The second-order valence-electron chi connectivity index (χ2n) is 8.85. The Morgan fingerprint density at radius 3 is 2.55 bits per heavy atom. The topological polar surface area (TPSA) is 154 Å². The first kappa shape index (κ1) is 24.7. The number of nitrogens with zero attached hydrogens (tertiary/aromatic N) is 1. The van der Waals surface area contributed by atoms with E-state index >= 15 is 0 Å². The maximum absolute atomic E-state index is 13.0. The largest absolute Gasteiger partial charge is 0.480 e. The Balaban J connectivity index is 1.65. The lowest BCUT2D eigenvalue weighted by atomic mass is 10.0. The van der Waals surface area contributed by atoms with Gasteiger partial charge in [-0.15, -0.1) is 0 Å². The lowest BCUT2D eigenvalue weighted by Gasteiger charge is -2.26. The molecule has 10 nitrogen and oxygen atoms in total. The zero-order chi connectivity index (χ0) is 24.0. The number of esters is 1. The summed E-state index contributed by atoms with van der Waals surface area (Å²) in [6.07, 6.45) is 1.85. The maximum Gasteiger partial charge on any atom is 0.365 e. The highest BCUT2D eigenvalue weighted by Gasteiger charge is 2.40. The standard InChI is InChI=1S/C23H31N3O7/c1-14(20(27)26-11-5-8-19(26)22(30)31)25-17(10-9-15-6-3-2-4-7-15)23(32)33-16-12-18(21(28)29)24-13-16/h2-4,6-7,14,16-19,24-25H,5,8-13H2,1H3,(H,28,29)(H,30,31)/p+2/t14-,16+,17-,18-,19-/m0/s1. The molecule has 0 spiro atoms. The summed E-state index contributed by atoms with van der Waals surface area (Å²) < 4.78 is 5.62. The van der Waals surface area contributed by atoms with Gasteiger partial charge in [-0.05, 0) is 31.7 Å². The summed E-state index contributed by atoms with van der Waals surface area (Å²) in [5.41, 5.74) is 1.05. The number of quaternary nitrogens is 2. The number of carboxylic acid groups (broad SMARTS) is 2. The van der Waals surface area contributed by atoms with Crippen LogP contribution in [0.25, 0.3) is 0 Å². The van der Waals surface area contributed by atoms with Crippen LogP contribution in [0, 0.1) is 0 Å². The monoisotopic (exact) mass is 463 g/mol. The third-order valence-electron chi connectivity index (χ3n) is 6.42. The van der Waals surface area contributed by atoms with E-state index in [1.54, 1.807) is 17.6 Å². The molecule has 2 heterocycles. The zero-order valence-electron chi connectivity index (χ0n) is 18.8. The molecule has 0 bridgehead atoms. The van der Waals surface area contributed by atoms with Crippen molar-refractivity contribution in [2.75, 3.05) is 13.1 Å². The van der Waals surface area contributed by atoms with Gasteiger partial charge >= 0.3 is 17.9 Å². The van der Waals surface area contributed by atoms with Crippen molar-refractivity contribution in [3.05, 3.63) is 35.9 Å². The third-order valence-corrected chi connectivity index (χ3v) is 6.42. The van der Waals surface area contributed by atoms with E-state index < -0.39 is 48.2 Å². The van der Waals surface area contributed by atoms with Crippen LogP contribution in [-0.2, 0) is 30.3 Å². The quantitative estimate of drug-likeness (QED) is 0.303. The fourth-order valence-corrected chi connectivity index (χ4v) is 4.58. The van der Waals surface area contributed by atoms with E-state index in [0.717, 1.165) is 5.56 Å². The van der Waals surface area contributed by atoms with Crippen LogP contribution in [0.3, 0.4) is 0 Å². The molecule has 1 amide bonds. The van der Waals surface area contributed by atoms with Crippen molar-refractivity contribution in [1.29, 1.82) is 0 Å². The summed E-state index contributed by atoms with van der Waals surface area (Å²) in [6, 6.07) is 6.88. The van der Waals surface area contributed by atoms with Gasteiger partial charge < -0.3 is 30.5 Å². The fourth-order valence-electron chi connectivity index (χ4n) is 4.58. The molecule has 3 rings (SSSR count). The Kier molecular flexibility index (Phi) is 8.40. The van der Waals surface area contributed by atoms with Crippen LogP contribution < -0.4 is 10.6 Å². The van der Waals surface area contributed by atoms with Crippen molar-refractivity contribution in [1.82, 2.24) is 4.90 Å². The second-order valence-corrected chi connectivity index (χ2v) is 8.85. The molecular weight excluding hydrogens is 430 g/mol. The van der Waals surface area contributed by atoms with Crippen molar-refractivity contribution < 1.29 is 44.8 Å². The number of rotatable bonds is 10. The highest BCUT2D eigenvalue weighted by Crippen LogP contribution is 2.18. The van der Waals surface area contributed by atoms with Crippen LogP contribution in [-0.4, -0.2) is 82.3 Å². The Bertz CT molecular complexity index is 863. The third kappa shape index (κ3) is 6.52. The number of hydrogen-bond acceptors (Lipinski definition) is 5. The number of carbonyl (C=O) groups is 4. The number of aliphatic carboxylic acids is 2. The van der Waals surface area contributed by atoms with E-state index in [1.165, 1.54) is 4.90 Å². The Hall–Kier alpha value is -2.98. The van der Waals surface area contributed by atoms with Crippen LogP contribution in [0.5, 0.6) is 0 Å². The van der Waals surface area contributed by atoms with E-state index in [9.17, 15) is 24.3 Å². The lowest BCUT2D eigenvalue weighted by molar-refractivity contribution is -0.697. The number of amides is 1. The second kappa shape index (κ2) is 11.2. The average molecular weight is 464 g/mol. The van der Waals surface area contributed by atoms with Gasteiger partial charge in [-0.3, -0.25) is 4.79 Å². The summed E-state index contributed by atoms with van der Waals surface area (Å²) in [7, 11) is 0. The van der Waals surface area contributed by atoms with Gasteiger partial charge in [-0.1, -0.05) is 30.3 Å².